The second kappa shape index (κ2) is 7.00. The van der Waals surface area contributed by atoms with Crippen molar-refractivity contribution >= 4 is 43.3 Å². The molecule has 0 radical (unpaired) electrons. The lowest BCUT2D eigenvalue weighted by atomic mass is 10.1. The van der Waals surface area contributed by atoms with E-state index in [1.807, 2.05) is 0 Å². The molecule has 1 amide bonds. The first-order valence-electron chi connectivity index (χ1n) is 6.60. The van der Waals surface area contributed by atoms with Gasteiger partial charge in [0.15, 0.2) is 9.84 Å². The van der Waals surface area contributed by atoms with Crippen LogP contribution in [0, 0.1) is 0 Å². The monoisotopic (exact) mass is 433 g/mol. The molecule has 2 aromatic rings. The Kier molecular flexibility index (Phi) is 5.42. The maximum atomic E-state index is 12.6. The minimum atomic E-state index is -3.99. The molecule has 0 bridgehead atoms. The molecule has 0 saturated heterocycles. The lowest BCUT2D eigenvalue weighted by Crippen LogP contribution is -2.18. The molecule has 0 heterocycles. The van der Waals surface area contributed by atoms with Crippen molar-refractivity contribution < 1.29 is 23.4 Å². The van der Waals surface area contributed by atoms with E-state index in [1.54, 1.807) is 0 Å². The number of rotatable bonds is 4. The Hall–Kier alpha value is -1.77. The second-order valence-corrected chi connectivity index (χ2v) is 8.22. The number of halogens is 2. The molecular formula is C15H13BrClNO5S. The molecule has 0 unspecified atom stereocenters. The Labute approximate surface area is 152 Å². The van der Waals surface area contributed by atoms with E-state index in [4.69, 9.17) is 11.6 Å². The zero-order valence-corrected chi connectivity index (χ0v) is 15.5. The molecule has 0 aliphatic carbocycles. The first kappa shape index (κ1) is 18.6. The third-order valence-corrected chi connectivity index (χ3v) is 5.63. The SMILES string of the molecule is CNC(=O)c1cc(Cl)cc(CS(=O)(=O)c2cc(Br)ccc2O)c1O. The van der Waals surface area contributed by atoms with Crippen molar-refractivity contribution in [1.82, 2.24) is 5.32 Å². The van der Waals surface area contributed by atoms with Gasteiger partial charge in [-0.05, 0) is 30.3 Å². The van der Waals surface area contributed by atoms with Crippen LogP contribution in [0.4, 0.5) is 0 Å². The van der Waals surface area contributed by atoms with Gasteiger partial charge in [-0.15, -0.1) is 0 Å². The van der Waals surface area contributed by atoms with Gasteiger partial charge < -0.3 is 15.5 Å². The molecule has 3 N–H and O–H groups in total. The summed E-state index contributed by atoms with van der Waals surface area (Å²) in [5, 5.41) is 22.4. The van der Waals surface area contributed by atoms with Crippen LogP contribution in [-0.2, 0) is 15.6 Å². The molecule has 0 aliphatic rings. The summed E-state index contributed by atoms with van der Waals surface area (Å²) in [5.41, 5.74) is -0.172. The minimum Gasteiger partial charge on any atom is -0.507 e. The van der Waals surface area contributed by atoms with E-state index in [0.717, 1.165) is 0 Å². The number of phenolic OH excluding ortho intramolecular Hbond substituents is 2. The van der Waals surface area contributed by atoms with Crippen molar-refractivity contribution in [3.8, 4) is 11.5 Å². The van der Waals surface area contributed by atoms with Crippen LogP contribution in [0.15, 0.2) is 39.7 Å². The fourth-order valence-electron chi connectivity index (χ4n) is 2.09. The third kappa shape index (κ3) is 3.82. The van der Waals surface area contributed by atoms with Crippen LogP contribution >= 0.6 is 27.5 Å². The Bertz CT molecular complexity index is 914. The summed E-state index contributed by atoms with van der Waals surface area (Å²) in [6.45, 7) is 0. The number of nitrogens with one attached hydrogen (secondary N) is 1. The van der Waals surface area contributed by atoms with E-state index in [-0.39, 0.29) is 21.0 Å². The Balaban J connectivity index is 2.52. The van der Waals surface area contributed by atoms with Gasteiger partial charge in [0.25, 0.3) is 5.91 Å². The van der Waals surface area contributed by atoms with Crippen molar-refractivity contribution in [2.45, 2.75) is 10.6 Å². The van der Waals surface area contributed by atoms with E-state index in [1.165, 1.54) is 37.4 Å². The summed E-state index contributed by atoms with van der Waals surface area (Å²) in [6.07, 6.45) is 0. The largest absolute Gasteiger partial charge is 0.507 e. The van der Waals surface area contributed by atoms with E-state index in [0.29, 0.717) is 4.47 Å². The highest BCUT2D eigenvalue weighted by Gasteiger charge is 2.24. The summed E-state index contributed by atoms with van der Waals surface area (Å²) in [7, 11) is -2.61. The molecule has 0 saturated carbocycles. The quantitative estimate of drug-likeness (QED) is 0.686. The minimum absolute atomic E-state index is 0.0412. The molecular weight excluding hydrogens is 422 g/mol. The van der Waals surface area contributed by atoms with Gasteiger partial charge in [0.2, 0.25) is 0 Å². The first-order valence-corrected chi connectivity index (χ1v) is 9.42. The molecule has 0 aliphatic heterocycles. The number of amides is 1. The van der Waals surface area contributed by atoms with Crippen molar-refractivity contribution in [2.75, 3.05) is 7.05 Å². The average molecular weight is 435 g/mol. The lowest BCUT2D eigenvalue weighted by Gasteiger charge is -2.12. The predicted octanol–water partition coefficient (Wildman–Crippen LogP) is 2.85. The van der Waals surface area contributed by atoms with E-state index < -0.39 is 33.0 Å². The molecule has 0 spiro atoms. The van der Waals surface area contributed by atoms with Crippen molar-refractivity contribution in [1.29, 1.82) is 0 Å². The highest BCUT2D eigenvalue weighted by Crippen LogP contribution is 2.33. The fraction of sp³-hybridized carbons (Fsp3) is 0.133. The summed E-state index contributed by atoms with van der Waals surface area (Å²) in [6, 6.07) is 6.49. The standard InChI is InChI=1S/C15H13BrClNO5S/c1-18-15(21)11-6-10(17)4-8(14(11)20)7-24(22,23)13-5-9(16)2-3-12(13)19/h2-6,19-20H,7H2,1H3,(H,18,21). The van der Waals surface area contributed by atoms with Crippen molar-refractivity contribution in [3.63, 3.8) is 0 Å². The topological polar surface area (TPSA) is 104 Å². The number of hydrogen-bond acceptors (Lipinski definition) is 5. The highest BCUT2D eigenvalue weighted by molar-refractivity contribution is 9.10. The first-order chi connectivity index (χ1) is 11.2. The van der Waals surface area contributed by atoms with Gasteiger partial charge in [-0.25, -0.2) is 8.42 Å². The van der Waals surface area contributed by atoms with Gasteiger partial charge in [0, 0.05) is 22.1 Å². The maximum Gasteiger partial charge on any atom is 0.254 e. The zero-order chi connectivity index (χ0) is 18.1. The fourth-order valence-corrected chi connectivity index (χ4v) is 4.32. The molecule has 0 fully saturated rings. The number of phenols is 2. The van der Waals surface area contributed by atoms with Crippen molar-refractivity contribution in [3.05, 3.63) is 51.0 Å². The van der Waals surface area contributed by atoms with Gasteiger partial charge >= 0.3 is 0 Å². The van der Waals surface area contributed by atoms with E-state index in [2.05, 4.69) is 21.2 Å². The van der Waals surface area contributed by atoms with Crippen LogP contribution in [0.1, 0.15) is 15.9 Å². The van der Waals surface area contributed by atoms with Gasteiger partial charge in [0.05, 0.1) is 11.3 Å². The Morgan fingerprint density at radius 1 is 1.25 bits per heavy atom. The number of sulfone groups is 1. The lowest BCUT2D eigenvalue weighted by molar-refractivity contribution is 0.0960. The third-order valence-electron chi connectivity index (χ3n) is 3.23. The average Bonchev–Trinajstić information content (AvgIpc) is 2.51. The molecule has 128 valence electrons. The summed E-state index contributed by atoms with van der Waals surface area (Å²) in [4.78, 5) is 11.5. The number of benzene rings is 2. The summed E-state index contributed by atoms with van der Waals surface area (Å²) < 4.78 is 25.6. The Morgan fingerprint density at radius 3 is 2.54 bits per heavy atom. The van der Waals surface area contributed by atoms with Crippen LogP contribution in [-0.4, -0.2) is 31.6 Å². The number of aromatic hydroxyl groups is 2. The molecule has 9 heteroatoms. The van der Waals surface area contributed by atoms with Crippen LogP contribution in [0.25, 0.3) is 0 Å². The van der Waals surface area contributed by atoms with Crippen molar-refractivity contribution in [2.24, 2.45) is 0 Å². The van der Waals surface area contributed by atoms with E-state index in [9.17, 15) is 23.4 Å². The number of hydrogen-bond donors (Lipinski definition) is 3. The maximum absolute atomic E-state index is 12.6. The van der Waals surface area contributed by atoms with Gasteiger partial charge in [0.1, 0.15) is 16.4 Å². The summed E-state index contributed by atoms with van der Waals surface area (Å²) in [5.74, 6) is -2.12. The summed E-state index contributed by atoms with van der Waals surface area (Å²) >= 11 is 9.05. The molecule has 0 atom stereocenters. The van der Waals surface area contributed by atoms with E-state index >= 15 is 0 Å². The van der Waals surface area contributed by atoms with Crippen LogP contribution in [0.3, 0.4) is 0 Å². The molecule has 0 aromatic heterocycles. The number of carbonyl (C=O) groups is 1. The molecule has 24 heavy (non-hydrogen) atoms. The second-order valence-electron chi connectivity index (χ2n) is 4.91. The van der Waals surface area contributed by atoms with Gasteiger partial charge in [-0.3, -0.25) is 4.79 Å². The predicted molar refractivity (Wildman–Crippen MR) is 93.2 cm³/mol. The molecule has 2 aromatic carbocycles. The highest BCUT2D eigenvalue weighted by atomic mass is 79.9. The Morgan fingerprint density at radius 2 is 1.92 bits per heavy atom. The molecule has 2 rings (SSSR count). The van der Waals surface area contributed by atoms with Crippen LogP contribution < -0.4 is 5.32 Å². The molecule has 6 nitrogen and oxygen atoms in total. The van der Waals surface area contributed by atoms with Gasteiger partial charge in [-0.1, -0.05) is 27.5 Å². The smallest absolute Gasteiger partial charge is 0.254 e. The van der Waals surface area contributed by atoms with Crippen LogP contribution in [0.2, 0.25) is 5.02 Å². The van der Waals surface area contributed by atoms with Gasteiger partial charge in [-0.2, -0.15) is 0 Å². The normalized spacial score (nSPS) is 11.3. The van der Waals surface area contributed by atoms with Crippen LogP contribution in [0.5, 0.6) is 11.5 Å². The number of carbonyl (C=O) groups excluding carboxylic acids is 1. The zero-order valence-electron chi connectivity index (χ0n) is 12.4.